The van der Waals surface area contributed by atoms with Gasteiger partial charge < -0.3 is 14.5 Å². The zero-order valence-electron chi connectivity index (χ0n) is 14.9. The van der Waals surface area contributed by atoms with E-state index in [2.05, 4.69) is 0 Å². The van der Waals surface area contributed by atoms with Crippen LogP contribution >= 0.6 is 11.6 Å². The first-order valence-electron chi connectivity index (χ1n) is 9.04. The van der Waals surface area contributed by atoms with Crippen LogP contribution < -0.4 is 4.74 Å². The van der Waals surface area contributed by atoms with Gasteiger partial charge in [0.25, 0.3) is 0 Å². The van der Waals surface area contributed by atoms with Crippen LogP contribution in [0.2, 0.25) is 5.02 Å². The third-order valence-corrected chi connectivity index (χ3v) is 5.39. The molecule has 26 heavy (non-hydrogen) atoms. The fraction of sp³-hybridized carbons (Fsp3) is 0.579. The molecule has 1 aromatic rings. The average molecular weight is 383 g/mol. The number of hydrogen-bond donors (Lipinski definition) is 0. The molecule has 0 spiro atoms. The van der Waals surface area contributed by atoms with Gasteiger partial charge in [-0.1, -0.05) is 17.7 Å². The van der Waals surface area contributed by atoms with Crippen molar-refractivity contribution in [1.82, 2.24) is 9.80 Å². The van der Waals surface area contributed by atoms with Crippen molar-refractivity contribution in [3.63, 3.8) is 0 Å². The van der Waals surface area contributed by atoms with Crippen LogP contribution in [0.25, 0.3) is 0 Å². The Hall–Kier alpha value is -1.82. The largest absolute Gasteiger partial charge is 0.495 e. The Kier molecular flexibility index (Phi) is 6.01. The lowest BCUT2D eigenvalue weighted by Gasteiger charge is -2.32. The molecule has 0 unspecified atom stereocenters. The van der Waals surface area contributed by atoms with Crippen molar-refractivity contribution in [1.29, 1.82) is 0 Å². The van der Waals surface area contributed by atoms with Crippen LogP contribution in [-0.4, -0.2) is 60.6 Å². The molecule has 7 heteroatoms. The summed E-state index contributed by atoms with van der Waals surface area (Å²) in [7, 11) is 1.52. The first kappa shape index (κ1) is 19.0. The van der Waals surface area contributed by atoms with Gasteiger partial charge >= 0.3 is 0 Å². The number of benzene rings is 1. The van der Waals surface area contributed by atoms with Crippen LogP contribution in [0.5, 0.6) is 5.75 Å². The van der Waals surface area contributed by atoms with E-state index in [0.717, 1.165) is 19.3 Å². The van der Waals surface area contributed by atoms with E-state index < -0.39 is 12.2 Å². The predicted molar refractivity (Wildman–Crippen MR) is 97.2 cm³/mol. The Labute approximate surface area is 158 Å². The topological polar surface area (TPSA) is 49.9 Å². The van der Waals surface area contributed by atoms with Gasteiger partial charge in [-0.25, -0.2) is 4.39 Å². The van der Waals surface area contributed by atoms with Gasteiger partial charge in [0.2, 0.25) is 11.8 Å². The lowest BCUT2D eigenvalue weighted by Crippen LogP contribution is -2.49. The monoisotopic (exact) mass is 382 g/mol. The zero-order valence-corrected chi connectivity index (χ0v) is 15.7. The number of halogens is 2. The first-order chi connectivity index (χ1) is 12.5. The minimum atomic E-state index is -1.16. The Bertz CT molecular complexity index is 679. The summed E-state index contributed by atoms with van der Waals surface area (Å²) in [6, 6.07) is 4.43. The summed E-state index contributed by atoms with van der Waals surface area (Å²) in [6.45, 7) is 1.37. The molecule has 142 valence electrons. The van der Waals surface area contributed by atoms with E-state index in [4.69, 9.17) is 16.3 Å². The van der Waals surface area contributed by atoms with E-state index in [1.54, 1.807) is 23.1 Å². The van der Waals surface area contributed by atoms with Gasteiger partial charge in [0, 0.05) is 19.5 Å². The van der Waals surface area contributed by atoms with E-state index in [1.807, 2.05) is 0 Å². The number of carbonyl (C=O) groups is 2. The van der Waals surface area contributed by atoms with Crippen LogP contribution in [0, 0.1) is 0 Å². The molecule has 2 saturated heterocycles. The van der Waals surface area contributed by atoms with E-state index in [-0.39, 0.29) is 31.2 Å². The third kappa shape index (κ3) is 4.11. The summed E-state index contributed by atoms with van der Waals surface area (Å²) in [5, 5.41) is 0.420. The Balaban J connectivity index is 1.70. The number of alkyl halides is 1. The average Bonchev–Trinajstić information content (AvgIpc) is 3.04. The predicted octanol–water partition coefficient (Wildman–Crippen LogP) is 2.84. The van der Waals surface area contributed by atoms with Gasteiger partial charge in [-0.15, -0.1) is 0 Å². The Morgan fingerprint density at radius 3 is 2.65 bits per heavy atom. The highest BCUT2D eigenvalue weighted by Crippen LogP contribution is 2.27. The Morgan fingerprint density at radius 1 is 1.27 bits per heavy atom. The molecule has 0 saturated carbocycles. The van der Waals surface area contributed by atoms with Crippen molar-refractivity contribution in [3.05, 3.63) is 28.8 Å². The fourth-order valence-corrected chi connectivity index (χ4v) is 4.00. The van der Waals surface area contributed by atoms with E-state index in [1.165, 1.54) is 12.0 Å². The van der Waals surface area contributed by atoms with Crippen LogP contribution in [0.3, 0.4) is 0 Å². The molecule has 0 aromatic heterocycles. The van der Waals surface area contributed by atoms with E-state index >= 15 is 0 Å². The highest BCUT2D eigenvalue weighted by molar-refractivity contribution is 6.32. The summed E-state index contributed by atoms with van der Waals surface area (Å²) in [4.78, 5) is 28.7. The Morgan fingerprint density at radius 2 is 2.00 bits per heavy atom. The number of ether oxygens (including phenoxy) is 1. The van der Waals surface area contributed by atoms with Crippen molar-refractivity contribution in [2.75, 3.05) is 26.7 Å². The normalized spacial score (nSPS) is 23.2. The van der Waals surface area contributed by atoms with Crippen molar-refractivity contribution in [2.24, 2.45) is 0 Å². The van der Waals surface area contributed by atoms with Gasteiger partial charge in [0.1, 0.15) is 18.0 Å². The van der Waals surface area contributed by atoms with Gasteiger partial charge in [-0.05, 0) is 37.0 Å². The smallest absolute Gasteiger partial charge is 0.245 e. The number of amides is 2. The van der Waals surface area contributed by atoms with Crippen LogP contribution in [-0.2, 0) is 16.0 Å². The molecule has 5 nitrogen and oxygen atoms in total. The maximum atomic E-state index is 14.0. The maximum absolute atomic E-state index is 14.0. The third-order valence-electron chi connectivity index (χ3n) is 5.09. The summed E-state index contributed by atoms with van der Waals surface area (Å²) in [6.07, 6.45) is 2.06. The zero-order chi connectivity index (χ0) is 18.7. The van der Waals surface area contributed by atoms with Crippen molar-refractivity contribution in [2.45, 2.75) is 44.3 Å². The number of likely N-dealkylation sites (tertiary alicyclic amines) is 2. The molecule has 0 aliphatic carbocycles. The fourth-order valence-electron chi connectivity index (χ4n) is 3.72. The summed E-state index contributed by atoms with van der Waals surface area (Å²) < 4.78 is 19.1. The van der Waals surface area contributed by atoms with Crippen molar-refractivity contribution < 1.29 is 18.7 Å². The van der Waals surface area contributed by atoms with Gasteiger partial charge in [-0.3, -0.25) is 9.59 Å². The number of hydrogen-bond acceptors (Lipinski definition) is 3. The van der Waals surface area contributed by atoms with E-state index in [0.29, 0.717) is 29.4 Å². The summed E-state index contributed by atoms with van der Waals surface area (Å²) >= 11 is 6.11. The number of piperidine rings is 1. The standard InChI is InChI=1S/C19H24ClFN2O3/c1-26-17-6-5-13(9-15(17)20)10-18(24)23-12-14(21)11-16(23)19(25)22-7-3-2-4-8-22/h5-6,9,14,16H,2-4,7-8,10-12H2,1H3/t14-,16-/m0/s1. The molecule has 2 atom stereocenters. The SMILES string of the molecule is COc1ccc(CC(=O)N2C[C@@H](F)C[C@H]2C(=O)N2CCCCC2)cc1Cl. The maximum Gasteiger partial charge on any atom is 0.245 e. The molecule has 0 radical (unpaired) electrons. The highest BCUT2D eigenvalue weighted by Gasteiger charge is 2.41. The lowest BCUT2D eigenvalue weighted by atomic mass is 10.1. The number of carbonyl (C=O) groups excluding carboxylic acids is 2. The highest BCUT2D eigenvalue weighted by atomic mass is 35.5. The van der Waals surface area contributed by atoms with Crippen molar-refractivity contribution in [3.8, 4) is 5.75 Å². The summed E-state index contributed by atoms with van der Waals surface area (Å²) in [5.74, 6) is 0.165. The molecule has 3 rings (SSSR count). The number of nitrogens with zero attached hydrogens (tertiary/aromatic N) is 2. The first-order valence-corrected chi connectivity index (χ1v) is 9.42. The number of methoxy groups -OCH3 is 1. The molecule has 0 bridgehead atoms. The second-order valence-electron chi connectivity index (χ2n) is 6.93. The quantitative estimate of drug-likeness (QED) is 0.804. The molecule has 1 aromatic carbocycles. The van der Waals surface area contributed by atoms with Gasteiger partial charge in [0.15, 0.2) is 0 Å². The molecule has 0 N–H and O–H groups in total. The van der Waals surface area contributed by atoms with Gasteiger partial charge in [0.05, 0.1) is 25.1 Å². The summed E-state index contributed by atoms with van der Waals surface area (Å²) in [5.41, 5.74) is 0.715. The molecule has 2 fully saturated rings. The molecular weight excluding hydrogens is 359 g/mol. The molecule has 2 aliphatic heterocycles. The molecule has 2 aliphatic rings. The lowest BCUT2D eigenvalue weighted by molar-refractivity contribution is -0.144. The van der Waals surface area contributed by atoms with E-state index in [9.17, 15) is 14.0 Å². The van der Waals surface area contributed by atoms with Crippen LogP contribution in [0.1, 0.15) is 31.2 Å². The van der Waals surface area contributed by atoms with Gasteiger partial charge in [-0.2, -0.15) is 0 Å². The van der Waals surface area contributed by atoms with Crippen LogP contribution in [0.4, 0.5) is 4.39 Å². The minimum absolute atomic E-state index is 0.0209. The van der Waals surface area contributed by atoms with Crippen molar-refractivity contribution >= 4 is 23.4 Å². The number of rotatable bonds is 4. The molecular formula is C19H24ClFN2O3. The minimum Gasteiger partial charge on any atom is -0.495 e. The van der Waals surface area contributed by atoms with Crippen LogP contribution in [0.15, 0.2) is 18.2 Å². The molecule has 2 heterocycles. The second-order valence-corrected chi connectivity index (χ2v) is 7.33. The second kappa shape index (κ2) is 8.25. The molecule has 2 amide bonds.